The molecule has 1 aliphatic rings. The van der Waals surface area contributed by atoms with E-state index in [0.717, 1.165) is 28.7 Å². The van der Waals surface area contributed by atoms with Crippen molar-refractivity contribution in [3.8, 4) is 11.1 Å². The maximum Gasteiger partial charge on any atom is 0.246 e. The Labute approximate surface area is 159 Å². The van der Waals surface area contributed by atoms with Crippen LogP contribution >= 0.6 is 0 Å². The second kappa shape index (κ2) is 8.64. The van der Waals surface area contributed by atoms with Gasteiger partial charge in [-0.15, -0.1) is 0 Å². The normalized spacial score (nSPS) is 12.2. The van der Waals surface area contributed by atoms with E-state index in [1.54, 1.807) is 6.92 Å². The van der Waals surface area contributed by atoms with E-state index in [9.17, 15) is 9.59 Å². The fraction of sp³-hybridized carbons (Fsp3) is 0.273. The van der Waals surface area contributed by atoms with Gasteiger partial charge in [-0.05, 0) is 42.0 Å². The SMILES string of the molecule is C=C(C)C(=O)NCCCCC(=O)NOC1c2ccccc2-c2ccccc21. The maximum absolute atomic E-state index is 12.1. The first-order valence-electron chi connectivity index (χ1n) is 9.14. The molecule has 2 N–H and O–H groups in total. The number of hydroxylamine groups is 1. The third-order valence-corrected chi connectivity index (χ3v) is 4.57. The van der Waals surface area contributed by atoms with Gasteiger partial charge in [-0.1, -0.05) is 55.1 Å². The van der Waals surface area contributed by atoms with Gasteiger partial charge >= 0.3 is 0 Å². The van der Waals surface area contributed by atoms with E-state index in [0.29, 0.717) is 25.0 Å². The molecule has 2 aromatic rings. The summed E-state index contributed by atoms with van der Waals surface area (Å²) in [5, 5.41) is 2.75. The molecule has 5 nitrogen and oxygen atoms in total. The Hall–Kier alpha value is -2.92. The first-order chi connectivity index (χ1) is 13.1. The number of rotatable bonds is 8. The number of fused-ring (bicyclic) bond motifs is 3. The van der Waals surface area contributed by atoms with Crippen LogP contribution in [0.1, 0.15) is 43.4 Å². The van der Waals surface area contributed by atoms with Gasteiger partial charge in [-0.25, -0.2) is 5.48 Å². The summed E-state index contributed by atoms with van der Waals surface area (Å²) in [6.07, 6.45) is 1.44. The molecule has 5 heteroatoms. The molecule has 0 spiro atoms. The maximum atomic E-state index is 12.1. The molecule has 0 saturated heterocycles. The Kier molecular flexibility index (Phi) is 6.04. The standard InChI is InChI=1S/C22H24N2O3/c1-15(2)22(26)23-14-8-7-13-20(25)24-27-21-18-11-5-3-9-16(18)17-10-4-6-12-19(17)21/h3-6,9-12,21H,1,7-8,13-14H2,2H3,(H,23,26)(H,24,25). The molecule has 2 aromatic carbocycles. The number of nitrogens with one attached hydrogen (secondary N) is 2. The molecule has 0 heterocycles. The van der Waals surface area contributed by atoms with Crippen LogP contribution in [-0.4, -0.2) is 18.4 Å². The first kappa shape index (κ1) is 18.9. The predicted molar refractivity (Wildman–Crippen MR) is 105 cm³/mol. The van der Waals surface area contributed by atoms with Crippen molar-refractivity contribution in [2.75, 3.05) is 6.54 Å². The summed E-state index contributed by atoms with van der Waals surface area (Å²) in [5.74, 6) is -0.315. The molecular weight excluding hydrogens is 340 g/mol. The number of benzene rings is 2. The Morgan fingerprint density at radius 3 is 2.19 bits per heavy atom. The van der Waals surface area contributed by atoms with Gasteiger partial charge in [0.2, 0.25) is 11.8 Å². The number of hydrogen-bond donors (Lipinski definition) is 2. The van der Waals surface area contributed by atoms with Crippen LogP contribution < -0.4 is 10.8 Å². The minimum atomic E-state index is -0.295. The lowest BCUT2D eigenvalue weighted by atomic mass is 10.1. The third kappa shape index (κ3) is 4.44. The highest BCUT2D eigenvalue weighted by Gasteiger charge is 2.29. The van der Waals surface area contributed by atoms with Crippen molar-refractivity contribution in [2.24, 2.45) is 0 Å². The Morgan fingerprint density at radius 2 is 1.59 bits per heavy atom. The molecule has 3 rings (SSSR count). The van der Waals surface area contributed by atoms with Crippen molar-refractivity contribution < 1.29 is 14.4 Å². The van der Waals surface area contributed by atoms with Crippen molar-refractivity contribution in [1.82, 2.24) is 10.8 Å². The molecule has 27 heavy (non-hydrogen) atoms. The van der Waals surface area contributed by atoms with Crippen LogP contribution in [0.25, 0.3) is 11.1 Å². The van der Waals surface area contributed by atoms with E-state index in [1.807, 2.05) is 36.4 Å². The van der Waals surface area contributed by atoms with Crippen molar-refractivity contribution in [3.05, 3.63) is 71.8 Å². The molecule has 0 fully saturated rings. The zero-order valence-corrected chi connectivity index (χ0v) is 15.5. The van der Waals surface area contributed by atoms with Gasteiger partial charge in [0.15, 0.2) is 0 Å². The van der Waals surface area contributed by atoms with Crippen LogP contribution in [0, 0.1) is 0 Å². The van der Waals surface area contributed by atoms with Gasteiger partial charge in [0.05, 0.1) is 0 Å². The Balaban J connectivity index is 1.48. The first-order valence-corrected chi connectivity index (χ1v) is 9.14. The quantitative estimate of drug-likeness (QED) is 0.427. The third-order valence-electron chi connectivity index (χ3n) is 4.57. The number of hydrogen-bond acceptors (Lipinski definition) is 3. The summed E-state index contributed by atoms with van der Waals surface area (Å²) in [6.45, 7) is 5.78. The highest BCUT2D eigenvalue weighted by atomic mass is 16.7. The van der Waals surface area contributed by atoms with Crippen LogP contribution in [0.15, 0.2) is 60.7 Å². The minimum Gasteiger partial charge on any atom is -0.352 e. The molecule has 0 aromatic heterocycles. The topological polar surface area (TPSA) is 67.4 Å². The van der Waals surface area contributed by atoms with E-state index in [1.165, 1.54) is 0 Å². The van der Waals surface area contributed by atoms with Crippen LogP contribution in [0.4, 0.5) is 0 Å². The minimum absolute atomic E-state index is 0.152. The smallest absolute Gasteiger partial charge is 0.246 e. The van der Waals surface area contributed by atoms with Gasteiger partial charge in [-0.3, -0.25) is 14.4 Å². The molecule has 0 saturated carbocycles. The molecule has 2 amide bonds. The lowest BCUT2D eigenvalue weighted by molar-refractivity contribution is -0.136. The van der Waals surface area contributed by atoms with Gasteiger partial charge in [0, 0.05) is 18.5 Å². The van der Waals surface area contributed by atoms with Crippen molar-refractivity contribution in [1.29, 1.82) is 0 Å². The van der Waals surface area contributed by atoms with Crippen molar-refractivity contribution in [3.63, 3.8) is 0 Å². The number of unbranched alkanes of at least 4 members (excludes halogenated alkanes) is 1. The molecular formula is C22H24N2O3. The van der Waals surface area contributed by atoms with E-state index < -0.39 is 0 Å². The fourth-order valence-corrected chi connectivity index (χ4v) is 3.18. The van der Waals surface area contributed by atoms with Gasteiger partial charge < -0.3 is 5.32 Å². The van der Waals surface area contributed by atoms with Crippen molar-refractivity contribution in [2.45, 2.75) is 32.3 Å². The summed E-state index contributed by atoms with van der Waals surface area (Å²) in [7, 11) is 0. The largest absolute Gasteiger partial charge is 0.352 e. The highest BCUT2D eigenvalue weighted by Crippen LogP contribution is 2.44. The molecule has 0 radical (unpaired) electrons. The Morgan fingerprint density at radius 1 is 1.00 bits per heavy atom. The zero-order chi connectivity index (χ0) is 19.2. The van der Waals surface area contributed by atoms with Gasteiger partial charge in [-0.2, -0.15) is 0 Å². The van der Waals surface area contributed by atoms with Crippen LogP contribution in [0.3, 0.4) is 0 Å². The second-order valence-corrected chi connectivity index (χ2v) is 6.69. The van der Waals surface area contributed by atoms with E-state index >= 15 is 0 Å². The summed E-state index contributed by atoms with van der Waals surface area (Å²) >= 11 is 0. The summed E-state index contributed by atoms with van der Waals surface area (Å²) < 4.78 is 0. The molecule has 1 aliphatic carbocycles. The molecule has 140 valence electrons. The number of carbonyl (C=O) groups is 2. The van der Waals surface area contributed by atoms with Gasteiger partial charge in [0.1, 0.15) is 6.10 Å². The lowest BCUT2D eigenvalue weighted by Gasteiger charge is -2.15. The predicted octanol–water partition coefficient (Wildman–Crippen LogP) is 3.67. The molecule has 0 atom stereocenters. The zero-order valence-electron chi connectivity index (χ0n) is 15.5. The molecule has 0 unspecified atom stereocenters. The molecule has 0 aliphatic heterocycles. The summed E-state index contributed by atoms with van der Waals surface area (Å²) in [6, 6.07) is 16.1. The van der Waals surface area contributed by atoms with Crippen LogP contribution in [0.2, 0.25) is 0 Å². The fourth-order valence-electron chi connectivity index (χ4n) is 3.18. The molecule has 0 bridgehead atoms. The average molecular weight is 364 g/mol. The monoisotopic (exact) mass is 364 g/mol. The van der Waals surface area contributed by atoms with E-state index in [-0.39, 0.29) is 17.9 Å². The van der Waals surface area contributed by atoms with Crippen LogP contribution in [0.5, 0.6) is 0 Å². The van der Waals surface area contributed by atoms with Crippen LogP contribution in [-0.2, 0) is 14.4 Å². The highest BCUT2D eigenvalue weighted by molar-refractivity contribution is 5.92. The summed E-state index contributed by atoms with van der Waals surface area (Å²) in [4.78, 5) is 29.2. The lowest BCUT2D eigenvalue weighted by Crippen LogP contribution is -2.27. The van der Waals surface area contributed by atoms with Gasteiger partial charge in [0.25, 0.3) is 0 Å². The van der Waals surface area contributed by atoms with E-state index in [2.05, 4.69) is 29.5 Å². The van der Waals surface area contributed by atoms with E-state index in [4.69, 9.17) is 4.84 Å². The average Bonchev–Trinajstić information content (AvgIpc) is 3.00. The number of amides is 2. The number of carbonyl (C=O) groups excluding carboxylic acids is 2. The van der Waals surface area contributed by atoms with Crippen molar-refractivity contribution >= 4 is 11.8 Å². The summed E-state index contributed by atoms with van der Waals surface area (Å²) in [5.41, 5.74) is 7.46. The Bertz CT molecular complexity index is 815. The second-order valence-electron chi connectivity index (χ2n) is 6.69.